The van der Waals surface area contributed by atoms with Crippen molar-refractivity contribution in [1.29, 1.82) is 0 Å². The van der Waals surface area contributed by atoms with Crippen LogP contribution in [0.3, 0.4) is 0 Å². The smallest absolute Gasteiger partial charge is 0.429 e. The minimum Gasteiger partial charge on any atom is -0.429 e. The van der Waals surface area contributed by atoms with Crippen molar-refractivity contribution in [3.8, 4) is 28.0 Å². The van der Waals surface area contributed by atoms with Gasteiger partial charge in [0.2, 0.25) is 0 Å². The summed E-state index contributed by atoms with van der Waals surface area (Å²) in [5.74, 6) is -7.00. The van der Waals surface area contributed by atoms with Crippen LogP contribution in [0, 0.1) is 35.0 Å². The molecule has 5 rings (SSSR count). The van der Waals surface area contributed by atoms with Crippen molar-refractivity contribution in [3.63, 3.8) is 0 Å². The number of alkyl halides is 3. The van der Waals surface area contributed by atoms with E-state index in [1.54, 1.807) is 0 Å². The predicted octanol–water partition coefficient (Wildman–Crippen LogP) is 9.00. The zero-order valence-electron chi connectivity index (χ0n) is 21.9. The summed E-state index contributed by atoms with van der Waals surface area (Å²) >= 11 is 0. The molecule has 220 valence electrons. The highest BCUT2D eigenvalue weighted by atomic mass is 19.3. The standard InChI is InChI=1S/C31H22F8O3/c1-16-14-40-30(41-15-16)18-4-6-23(25(34)9-18)20-10-27(36)29(28(37)11-20)31(38,39)42-21-5-7-22(26(35)12-21)17-2-3-19(13-32)24(33)8-17/h2-12,16,30H,13-15H2,1H3. The number of hydrogen-bond donors (Lipinski definition) is 0. The minimum absolute atomic E-state index is 0.00171. The maximum Gasteiger partial charge on any atom is 0.432 e. The average Bonchev–Trinajstić information content (AvgIpc) is 2.92. The summed E-state index contributed by atoms with van der Waals surface area (Å²) in [4.78, 5) is 0. The molecule has 0 radical (unpaired) electrons. The maximum atomic E-state index is 14.9. The van der Waals surface area contributed by atoms with Crippen LogP contribution in [0.1, 0.15) is 29.9 Å². The van der Waals surface area contributed by atoms with Gasteiger partial charge < -0.3 is 14.2 Å². The number of ether oxygens (including phenoxy) is 3. The quantitative estimate of drug-likeness (QED) is 0.200. The van der Waals surface area contributed by atoms with Gasteiger partial charge >= 0.3 is 6.11 Å². The second kappa shape index (κ2) is 11.7. The molecular weight excluding hydrogens is 572 g/mol. The average molecular weight is 594 g/mol. The first kappa shape index (κ1) is 29.5. The van der Waals surface area contributed by atoms with E-state index in [-0.39, 0.29) is 33.7 Å². The van der Waals surface area contributed by atoms with Crippen LogP contribution >= 0.6 is 0 Å². The monoisotopic (exact) mass is 594 g/mol. The van der Waals surface area contributed by atoms with E-state index >= 15 is 0 Å². The SMILES string of the molecule is CC1COC(c2ccc(-c3cc(F)c(C(F)(F)Oc4ccc(-c5ccc(CF)c(F)c5)c(F)c4)c(F)c3)c(F)c2)OC1. The fourth-order valence-corrected chi connectivity index (χ4v) is 4.53. The highest BCUT2D eigenvalue weighted by Crippen LogP contribution is 2.39. The van der Waals surface area contributed by atoms with E-state index < -0.39 is 59.5 Å². The molecule has 0 spiro atoms. The Labute approximate surface area is 235 Å². The molecule has 3 nitrogen and oxygen atoms in total. The molecule has 1 aliphatic rings. The molecule has 1 saturated heterocycles. The molecule has 0 atom stereocenters. The lowest BCUT2D eigenvalue weighted by molar-refractivity contribution is -0.202. The van der Waals surface area contributed by atoms with Crippen LogP contribution in [0.25, 0.3) is 22.3 Å². The van der Waals surface area contributed by atoms with Gasteiger partial charge in [0.05, 0.1) is 13.2 Å². The van der Waals surface area contributed by atoms with Gasteiger partial charge in [-0.05, 0) is 47.5 Å². The summed E-state index contributed by atoms with van der Waals surface area (Å²) in [7, 11) is 0. The Balaban J connectivity index is 1.37. The van der Waals surface area contributed by atoms with E-state index in [2.05, 4.69) is 4.74 Å². The Morgan fingerprint density at radius 3 is 1.90 bits per heavy atom. The fraction of sp³-hybridized carbons (Fsp3) is 0.226. The van der Waals surface area contributed by atoms with Crippen LogP contribution in [0.15, 0.2) is 66.7 Å². The summed E-state index contributed by atoms with van der Waals surface area (Å²) in [5, 5.41) is 0. The van der Waals surface area contributed by atoms with Crippen LogP contribution in [0.2, 0.25) is 0 Å². The van der Waals surface area contributed by atoms with Crippen LogP contribution in [0.4, 0.5) is 35.1 Å². The van der Waals surface area contributed by atoms with E-state index in [4.69, 9.17) is 9.47 Å². The second-order valence-corrected chi connectivity index (χ2v) is 9.86. The normalized spacial score (nSPS) is 17.4. The Morgan fingerprint density at radius 1 is 0.714 bits per heavy atom. The molecule has 4 aromatic rings. The Morgan fingerprint density at radius 2 is 1.31 bits per heavy atom. The van der Waals surface area contributed by atoms with Crippen molar-refractivity contribution in [2.24, 2.45) is 5.92 Å². The Bertz CT molecular complexity index is 1590. The van der Waals surface area contributed by atoms with Crippen molar-refractivity contribution in [1.82, 2.24) is 0 Å². The van der Waals surface area contributed by atoms with Crippen LogP contribution in [-0.4, -0.2) is 13.2 Å². The van der Waals surface area contributed by atoms with Crippen molar-refractivity contribution in [2.75, 3.05) is 13.2 Å². The molecule has 42 heavy (non-hydrogen) atoms. The number of rotatable bonds is 7. The van der Waals surface area contributed by atoms with Crippen molar-refractivity contribution in [2.45, 2.75) is 26.0 Å². The summed E-state index contributed by atoms with van der Waals surface area (Å²) < 4.78 is 131. The van der Waals surface area contributed by atoms with Gasteiger partial charge in [-0.3, -0.25) is 0 Å². The zero-order chi connectivity index (χ0) is 30.2. The largest absolute Gasteiger partial charge is 0.432 e. The molecule has 11 heteroatoms. The molecule has 0 aromatic heterocycles. The predicted molar refractivity (Wildman–Crippen MR) is 137 cm³/mol. The maximum absolute atomic E-state index is 14.9. The molecule has 0 N–H and O–H groups in total. The summed E-state index contributed by atoms with van der Waals surface area (Å²) in [6.07, 6.45) is -5.43. The number of hydrogen-bond acceptors (Lipinski definition) is 3. The zero-order valence-corrected chi connectivity index (χ0v) is 21.9. The van der Waals surface area contributed by atoms with Crippen molar-refractivity contribution in [3.05, 3.63) is 113 Å². The van der Waals surface area contributed by atoms with E-state index in [1.807, 2.05) is 6.92 Å². The van der Waals surface area contributed by atoms with Crippen molar-refractivity contribution < 1.29 is 49.3 Å². The topological polar surface area (TPSA) is 27.7 Å². The van der Waals surface area contributed by atoms with Gasteiger partial charge in [0.15, 0.2) is 6.29 Å². The lowest BCUT2D eigenvalue weighted by Gasteiger charge is -2.27. The van der Waals surface area contributed by atoms with E-state index in [9.17, 15) is 35.1 Å². The third-order valence-electron chi connectivity index (χ3n) is 6.67. The molecule has 0 amide bonds. The molecule has 1 fully saturated rings. The molecular formula is C31H22F8O3. The highest BCUT2D eigenvalue weighted by Gasteiger charge is 2.41. The molecule has 0 bridgehead atoms. The highest BCUT2D eigenvalue weighted by molar-refractivity contribution is 5.66. The minimum atomic E-state index is -4.61. The summed E-state index contributed by atoms with van der Waals surface area (Å²) in [5.41, 5.74) is -2.50. The second-order valence-electron chi connectivity index (χ2n) is 9.86. The lowest BCUT2D eigenvalue weighted by atomic mass is 10.00. The van der Waals surface area contributed by atoms with E-state index in [0.717, 1.165) is 30.3 Å². The molecule has 0 aliphatic carbocycles. The number of halogens is 8. The molecule has 0 saturated carbocycles. The van der Waals surface area contributed by atoms with Gasteiger partial charge in [0.25, 0.3) is 0 Å². The van der Waals surface area contributed by atoms with Gasteiger partial charge in [-0.15, -0.1) is 0 Å². The summed E-state index contributed by atoms with van der Waals surface area (Å²) in [6.45, 7) is 1.63. The van der Waals surface area contributed by atoms with Gasteiger partial charge in [-0.25, -0.2) is 26.3 Å². The van der Waals surface area contributed by atoms with Crippen LogP contribution in [-0.2, 0) is 22.3 Å². The third-order valence-corrected chi connectivity index (χ3v) is 6.67. The van der Waals surface area contributed by atoms with Gasteiger partial charge in [0, 0.05) is 34.2 Å². The molecule has 1 aliphatic heterocycles. The first-order chi connectivity index (χ1) is 20.0. The van der Waals surface area contributed by atoms with Gasteiger partial charge in [-0.2, -0.15) is 8.78 Å². The lowest BCUT2D eigenvalue weighted by Crippen LogP contribution is -2.25. The van der Waals surface area contributed by atoms with E-state index in [0.29, 0.717) is 37.0 Å². The first-order valence-electron chi connectivity index (χ1n) is 12.7. The fourth-order valence-electron chi connectivity index (χ4n) is 4.53. The molecule has 0 unspecified atom stereocenters. The molecule has 4 aromatic carbocycles. The Kier molecular flexibility index (Phi) is 8.25. The van der Waals surface area contributed by atoms with Gasteiger partial charge in [0.1, 0.15) is 47.1 Å². The first-order valence-corrected chi connectivity index (χ1v) is 12.7. The Hall–Kier alpha value is -3.96. The van der Waals surface area contributed by atoms with Crippen LogP contribution in [0.5, 0.6) is 5.75 Å². The van der Waals surface area contributed by atoms with Gasteiger partial charge in [-0.1, -0.05) is 31.2 Å². The summed E-state index contributed by atoms with van der Waals surface area (Å²) in [6, 6.07) is 10.4. The number of benzene rings is 4. The van der Waals surface area contributed by atoms with E-state index in [1.165, 1.54) is 18.2 Å². The molecule has 1 heterocycles. The third kappa shape index (κ3) is 5.98. The van der Waals surface area contributed by atoms with Crippen molar-refractivity contribution >= 4 is 0 Å². The van der Waals surface area contributed by atoms with Crippen LogP contribution < -0.4 is 4.74 Å².